The van der Waals surface area contributed by atoms with E-state index in [0.29, 0.717) is 46.2 Å². The van der Waals surface area contributed by atoms with Crippen molar-refractivity contribution in [1.82, 2.24) is 0 Å². The molecule has 7 heteroatoms. The molecule has 1 unspecified atom stereocenters. The van der Waals surface area contributed by atoms with Crippen molar-refractivity contribution in [3.8, 4) is 11.5 Å². The average molecular weight is 544 g/mol. The van der Waals surface area contributed by atoms with Gasteiger partial charge in [0, 0.05) is 5.56 Å². The molecule has 0 bridgehead atoms. The number of ether oxygens (including phenoxy) is 2. The molecule has 1 aromatic heterocycles. The Bertz CT molecular complexity index is 1070. The highest BCUT2D eigenvalue weighted by Gasteiger charge is 2.40. The summed E-state index contributed by atoms with van der Waals surface area (Å²) in [6.45, 7) is 9.87. The second-order valence-electron chi connectivity index (χ2n) is 8.59. The summed E-state index contributed by atoms with van der Waals surface area (Å²) >= 11 is 6.99. The topological polar surface area (TPSA) is 65.7 Å². The van der Waals surface area contributed by atoms with Crippen molar-refractivity contribution in [1.29, 1.82) is 0 Å². The number of methoxy groups -OCH3 is 1. The van der Waals surface area contributed by atoms with E-state index in [-0.39, 0.29) is 17.0 Å². The summed E-state index contributed by atoms with van der Waals surface area (Å²) in [4.78, 5) is 26.3. The Morgan fingerprint density at radius 3 is 2.53 bits per heavy atom. The molecular weight excluding hydrogens is 516 g/mol. The minimum absolute atomic E-state index is 0.174. The number of fused-ring (bicyclic) bond motifs is 3. The quantitative estimate of drug-likeness (QED) is 0.241. The van der Waals surface area contributed by atoms with E-state index in [1.807, 2.05) is 34.6 Å². The highest BCUT2D eigenvalue weighted by molar-refractivity contribution is 9.10. The number of alkyl halides is 1. The molecule has 164 valence electrons. The molecule has 30 heavy (non-hydrogen) atoms. The van der Waals surface area contributed by atoms with Crippen LogP contribution in [0.2, 0.25) is 0 Å². The van der Waals surface area contributed by atoms with Gasteiger partial charge in [-0.2, -0.15) is 0 Å². The molecule has 0 saturated carbocycles. The molecule has 0 saturated heterocycles. The van der Waals surface area contributed by atoms with E-state index in [9.17, 15) is 9.59 Å². The Hall–Kier alpha value is -1.34. The van der Waals surface area contributed by atoms with Crippen molar-refractivity contribution in [2.24, 2.45) is 0 Å². The summed E-state index contributed by atoms with van der Waals surface area (Å²) < 4.78 is 17.5. The number of Topliss-reactive ketones (excluding diaryl/α,β-unsaturated/α-hetero) is 1. The van der Waals surface area contributed by atoms with Gasteiger partial charge in [0.15, 0.2) is 11.4 Å². The number of hydrogen-bond acceptors (Lipinski definition) is 5. The molecule has 2 aromatic rings. The maximum Gasteiger partial charge on any atom is 0.350 e. The van der Waals surface area contributed by atoms with Crippen molar-refractivity contribution in [3.05, 3.63) is 31.6 Å². The fourth-order valence-corrected chi connectivity index (χ4v) is 4.59. The SMILES string of the molecule is CCCc1c(Br)c(=O)oc2c(C(=O)C(C)(Br)CC)c(OC)c3c(c12)OC(C)(C)CC3. The number of carbonyl (C=O) groups excluding carboxylic acids is 1. The normalized spacial score (nSPS) is 17.2. The third-order valence-electron chi connectivity index (χ3n) is 5.82. The zero-order chi connectivity index (χ0) is 22.4. The van der Waals surface area contributed by atoms with Gasteiger partial charge in [0.05, 0.1) is 16.8 Å². The molecule has 2 heterocycles. The van der Waals surface area contributed by atoms with Crippen LogP contribution in [-0.2, 0) is 12.8 Å². The predicted octanol–water partition coefficient (Wildman–Crippen LogP) is 6.37. The Morgan fingerprint density at radius 2 is 1.97 bits per heavy atom. The van der Waals surface area contributed by atoms with E-state index < -0.39 is 9.95 Å². The molecule has 0 N–H and O–H groups in total. The molecule has 3 rings (SSSR count). The predicted molar refractivity (Wildman–Crippen MR) is 126 cm³/mol. The molecule has 1 atom stereocenters. The van der Waals surface area contributed by atoms with E-state index in [0.717, 1.165) is 24.0 Å². The van der Waals surface area contributed by atoms with Gasteiger partial charge >= 0.3 is 5.63 Å². The van der Waals surface area contributed by atoms with E-state index in [4.69, 9.17) is 13.9 Å². The van der Waals surface area contributed by atoms with Gasteiger partial charge < -0.3 is 13.9 Å². The van der Waals surface area contributed by atoms with Crippen LogP contribution < -0.4 is 15.1 Å². The molecule has 0 aliphatic carbocycles. The first kappa shape index (κ1) is 23.3. The van der Waals surface area contributed by atoms with Gasteiger partial charge in [-0.3, -0.25) is 4.79 Å². The third kappa shape index (κ3) is 3.83. The second kappa shape index (κ2) is 8.30. The van der Waals surface area contributed by atoms with Crippen molar-refractivity contribution in [3.63, 3.8) is 0 Å². The Labute approximate surface area is 193 Å². The smallest absolute Gasteiger partial charge is 0.350 e. The maximum atomic E-state index is 13.6. The third-order valence-corrected chi connectivity index (χ3v) is 7.54. The van der Waals surface area contributed by atoms with Crippen LogP contribution in [0.1, 0.15) is 75.4 Å². The van der Waals surface area contributed by atoms with Crippen LogP contribution in [0.15, 0.2) is 13.7 Å². The summed E-state index contributed by atoms with van der Waals surface area (Å²) in [7, 11) is 1.54. The van der Waals surface area contributed by atoms with Crippen LogP contribution in [0.3, 0.4) is 0 Å². The van der Waals surface area contributed by atoms with Crippen LogP contribution in [-0.4, -0.2) is 22.8 Å². The van der Waals surface area contributed by atoms with E-state index in [1.165, 1.54) is 0 Å². The molecule has 0 fully saturated rings. The first-order valence-electron chi connectivity index (χ1n) is 10.3. The molecule has 0 radical (unpaired) electrons. The summed E-state index contributed by atoms with van der Waals surface area (Å²) in [6.07, 6.45) is 3.54. The van der Waals surface area contributed by atoms with Gasteiger partial charge in [-0.25, -0.2) is 4.79 Å². The zero-order valence-electron chi connectivity index (χ0n) is 18.3. The summed E-state index contributed by atoms with van der Waals surface area (Å²) in [5.41, 5.74) is 1.31. The molecule has 1 aliphatic heterocycles. The lowest BCUT2D eigenvalue weighted by Gasteiger charge is -2.35. The van der Waals surface area contributed by atoms with Gasteiger partial charge in [0.1, 0.15) is 27.1 Å². The van der Waals surface area contributed by atoms with Crippen LogP contribution >= 0.6 is 31.9 Å². The number of ketones is 1. The fourth-order valence-electron chi connectivity index (χ4n) is 3.91. The average Bonchev–Trinajstić information content (AvgIpc) is 2.69. The van der Waals surface area contributed by atoms with Gasteiger partial charge in [0.25, 0.3) is 0 Å². The Kier molecular flexibility index (Phi) is 6.46. The number of carbonyl (C=O) groups is 1. The highest BCUT2D eigenvalue weighted by Crippen LogP contribution is 2.49. The molecule has 1 aromatic carbocycles. The van der Waals surface area contributed by atoms with E-state index in [1.54, 1.807) is 7.11 Å². The van der Waals surface area contributed by atoms with Crippen molar-refractivity contribution < 1.29 is 18.7 Å². The monoisotopic (exact) mass is 542 g/mol. The van der Waals surface area contributed by atoms with Crippen LogP contribution in [0.5, 0.6) is 11.5 Å². The minimum atomic E-state index is -0.813. The zero-order valence-corrected chi connectivity index (χ0v) is 21.5. The number of hydrogen-bond donors (Lipinski definition) is 0. The lowest BCUT2D eigenvalue weighted by Crippen LogP contribution is -2.34. The van der Waals surface area contributed by atoms with Gasteiger partial charge in [-0.15, -0.1) is 0 Å². The van der Waals surface area contributed by atoms with E-state index in [2.05, 4.69) is 31.9 Å². The highest BCUT2D eigenvalue weighted by atomic mass is 79.9. The van der Waals surface area contributed by atoms with Gasteiger partial charge in [0.2, 0.25) is 0 Å². The maximum absolute atomic E-state index is 13.6. The van der Waals surface area contributed by atoms with Crippen LogP contribution in [0.25, 0.3) is 11.0 Å². The number of benzene rings is 1. The standard InChI is InChI=1S/C23H28Br2O5/c1-7-9-12-14-18-13(10-11-22(3,4)30-18)17(28-6)15(20(26)23(5,25)8-2)19(14)29-21(27)16(12)24/h7-11H2,1-6H3. The Balaban J connectivity index is 2.57. The summed E-state index contributed by atoms with van der Waals surface area (Å²) in [6, 6.07) is 0. The largest absolute Gasteiger partial charge is 0.495 e. The van der Waals surface area contributed by atoms with Crippen LogP contribution in [0, 0.1) is 0 Å². The van der Waals surface area contributed by atoms with Gasteiger partial charge in [-0.05, 0) is 67.9 Å². The lowest BCUT2D eigenvalue weighted by molar-refractivity contribution is 0.0853. The molecule has 0 spiro atoms. The van der Waals surface area contributed by atoms with Crippen molar-refractivity contribution in [2.45, 2.75) is 76.6 Å². The van der Waals surface area contributed by atoms with Gasteiger partial charge in [-0.1, -0.05) is 36.2 Å². The fraction of sp³-hybridized carbons (Fsp3) is 0.565. The molecular formula is C23H28Br2O5. The summed E-state index contributed by atoms with van der Waals surface area (Å²) in [5.74, 6) is 0.910. The Morgan fingerprint density at radius 1 is 1.30 bits per heavy atom. The van der Waals surface area contributed by atoms with E-state index >= 15 is 0 Å². The number of rotatable bonds is 6. The molecule has 5 nitrogen and oxygen atoms in total. The molecule has 0 amide bonds. The minimum Gasteiger partial charge on any atom is -0.495 e. The second-order valence-corrected chi connectivity index (χ2v) is 11.1. The lowest BCUT2D eigenvalue weighted by atomic mass is 9.86. The number of halogens is 2. The number of aryl methyl sites for hydroxylation is 1. The van der Waals surface area contributed by atoms with Crippen LogP contribution in [0.4, 0.5) is 0 Å². The summed E-state index contributed by atoms with van der Waals surface area (Å²) in [5, 5.41) is 0.689. The molecule has 1 aliphatic rings. The van der Waals surface area contributed by atoms with Crippen molar-refractivity contribution >= 4 is 48.6 Å². The van der Waals surface area contributed by atoms with Crippen molar-refractivity contribution in [2.75, 3.05) is 7.11 Å². The first-order chi connectivity index (χ1) is 14.0. The first-order valence-corrected chi connectivity index (χ1v) is 11.9.